The molecule has 0 radical (unpaired) electrons. The third-order valence-electron chi connectivity index (χ3n) is 2.17. The fourth-order valence-electron chi connectivity index (χ4n) is 1.31. The largest absolute Gasteiger partial charge is 0.325 e. The zero-order valence-corrected chi connectivity index (χ0v) is 11.7. The molecule has 0 bridgehead atoms. The van der Waals surface area contributed by atoms with Crippen molar-refractivity contribution in [3.05, 3.63) is 18.2 Å². The highest BCUT2D eigenvalue weighted by molar-refractivity contribution is 8.00. The molecular formula is C11H11ClN2OS2. The van der Waals surface area contributed by atoms with Crippen LogP contribution in [0.3, 0.4) is 0 Å². The van der Waals surface area contributed by atoms with Crippen molar-refractivity contribution in [2.75, 3.05) is 11.6 Å². The first-order chi connectivity index (χ1) is 8.10. The van der Waals surface area contributed by atoms with Crippen LogP contribution in [0, 0.1) is 0 Å². The van der Waals surface area contributed by atoms with Crippen molar-refractivity contribution in [2.45, 2.75) is 16.6 Å². The lowest BCUT2D eigenvalue weighted by atomic mass is 10.3. The molecule has 0 aliphatic heterocycles. The molecule has 1 amide bonds. The smallest absolute Gasteiger partial charge is 0.242 e. The van der Waals surface area contributed by atoms with Crippen LogP contribution in [0.5, 0.6) is 0 Å². The number of thiazole rings is 1. The van der Waals surface area contributed by atoms with Gasteiger partial charge in [-0.25, -0.2) is 4.98 Å². The van der Waals surface area contributed by atoms with Crippen molar-refractivity contribution in [1.29, 1.82) is 0 Å². The molecule has 1 atom stereocenters. The Morgan fingerprint density at radius 3 is 3.00 bits per heavy atom. The summed E-state index contributed by atoms with van der Waals surface area (Å²) < 4.78 is 2.09. The van der Waals surface area contributed by atoms with E-state index in [1.165, 1.54) is 0 Å². The van der Waals surface area contributed by atoms with Gasteiger partial charge in [0.25, 0.3) is 0 Å². The summed E-state index contributed by atoms with van der Waals surface area (Å²) in [6.45, 7) is 1.65. The highest BCUT2D eigenvalue weighted by Crippen LogP contribution is 2.29. The number of halogens is 1. The number of carbonyl (C=O) groups is 1. The Kier molecular flexibility index (Phi) is 3.91. The molecule has 0 saturated heterocycles. The van der Waals surface area contributed by atoms with E-state index in [0.717, 1.165) is 20.2 Å². The molecule has 0 aliphatic carbocycles. The Hall–Kier alpha value is -0.780. The van der Waals surface area contributed by atoms with E-state index in [9.17, 15) is 4.79 Å². The average Bonchev–Trinajstić information content (AvgIpc) is 2.70. The number of hydrogen-bond donors (Lipinski definition) is 1. The summed E-state index contributed by atoms with van der Waals surface area (Å²) in [6.07, 6.45) is 2.00. The fraction of sp³-hybridized carbons (Fsp3) is 0.273. The average molecular weight is 287 g/mol. The van der Waals surface area contributed by atoms with Gasteiger partial charge in [-0.2, -0.15) is 0 Å². The Labute approximate surface area is 113 Å². The van der Waals surface area contributed by atoms with Crippen LogP contribution in [0.2, 0.25) is 0 Å². The van der Waals surface area contributed by atoms with Crippen molar-refractivity contribution in [2.24, 2.45) is 0 Å². The van der Waals surface area contributed by atoms with Crippen molar-refractivity contribution >= 4 is 56.5 Å². The Bertz CT molecular complexity index is 553. The predicted molar refractivity (Wildman–Crippen MR) is 75.3 cm³/mol. The summed E-state index contributed by atoms with van der Waals surface area (Å²) in [5.74, 6) is -0.194. The zero-order valence-electron chi connectivity index (χ0n) is 9.36. The van der Waals surface area contributed by atoms with Gasteiger partial charge >= 0.3 is 0 Å². The van der Waals surface area contributed by atoms with Crippen LogP contribution in [-0.4, -0.2) is 22.5 Å². The van der Waals surface area contributed by atoms with Crippen LogP contribution in [0.1, 0.15) is 6.92 Å². The van der Waals surface area contributed by atoms with Crippen LogP contribution in [0.4, 0.5) is 5.69 Å². The molecule has 3 nitrogen and oxygen atoms in total. The van der Waals surface area contributed by atoms with Gasteiger partial charge in [-0.05, 0) is 31.4 Å². The molecule has 1 aromatic carbocycles. The second-order valence-electron chi connectivity index (χ2n) is 3.47. The van der Waals surface area contributed by atoms with Crippen LogP contribution in [0.15, 0.2) is 22.5 Å². The highest BCUT2D eigenvalue weighted by atomic mass is 35.5. The number of nitrogens with one attached hydrogen (secondary N) is 1. The van der Waals surface area contributed by atoms with Gasteiger partial charge in [0.15, 0.2) is 4.34 Å². The molecular weight excluding hydrogens is 276 g/mol. The number of thioether (sulfide) groups is 1. The summed E-state index contributed by atoms with van der Waals surface area (Å²) in [5, 5.41) is 2.23. The Balaban J connectivity index is 2.28. The van der Waals surface area contributed by atoms with Crippen molar-refractivity contribution in [3.63, 3.8) is 0 Å². The zero-order chi connectivity index (χ0) is 12.4. The first-order valence-corrected chi connectivity index (χ1v) is 7.47. The van der Waals surface area contributed by atoms with Crippen LogP contribution in [-0.2, 0) is 4.79 Å². The molecule has 6 heteroatoms. The van der Waals surface area contributed by atoms with Gasteiger partial charge in [-0.1, -0.05) is 11.8 Å². The minimum atomic E-state index is -0.533. The third kappa shape index (κ3) is 2.91. The lowest BCUT2D eigenvalue weighted by molar-refractivity contribution is -0.115. The third-order valence-corrected chi connectivity index (χ3v) is 4.37. The first-order valence-electron chi connectivity index (χ1n) is 4.99. The lowest BCUT2D eigenvalue weighted by Gasteiger charge is -2.05. The SMILES string of the molecule is CSc1nc2ccc(NC(=O)C(C)Cl)cc2s1. The molecule has 1 unspecified atom stereocenters. The van der Waals surface area contributed by atoms with Gasteiger partial charge in [0, 0.05) is 5.69 Å². The second kappa shape index (κ2) is 5.25. The number of carbonyl (C=O) groups excluding carboxylic acids is 1. The van der Waals surface area contributed by atoms with Crippen molar-refractivity contribution in [3.8, 4) is 0 Å². The first kappa shape index (κ1) is 12.7. The summed E-state index contributed by atoms with van der Waals surface area (Å²) in [4.78, 5) is 15.9. The number of benzene rings is 1. The monoisotopic (exact) mass is 286 g/mol. The lowest BCUT2D eigenvalue weighted by Crippen LogP contribution is -2.20. The summed E-state index contributed by atoms with van der Waals surface area (Å²) >= 11 is 8.93. The molecule has 17 heavy (non-hydrogen) atoms. The van der Waals surface area contributed by atoms with Gasteiger partial charge in [-0.3, -0.25) is 4.79 Å². The topological polar surface area (TPSA) is 42.0 Å². The van der Waals surface area contributed by atoms with E-state index in [4.69, 9.17) is 11.6 Å². The maximum Gasteiger partial charge on any atom is 0.242 e. The van der Waals surface area contributed by atoms with E-state index in [0.29, 0.717) is 0 Å². The molecule has 1 N–H and O–H groups in total. The van der Waals surface area contributed by atoms with Crippen molar-refractivity contribution < 1.29 is 4.79 Å². The fourth-order valence-corrected chi connectivity index (χ4v) is 2.89. The van der Waals surface area contributed by atoms with Crippen LogP contribution in [0.25, 0.3) is 10.2 Å². The number of amides is 1. The summed E-state index contributed by atoms with van der Waals surface area (Å²) in [5.41, 5.74) is 1.71. The van der Waals surface area contributed by atoms with E-state index in [1.54, 1.807) is 30.0 Å². The van der Waals surface area contributed by atoms with E-state index in [2.05, 4.69) is 10.3 Å². The number of alkyl halides is 1. The molecule has 0 aliphatic rings. The van der Waals surface area contributed by atoms with Crippen LogP contribution >= 0.6 is 34.7 Å². The molecule has 1 heterocycles. The quantitative estimate of drug-likeness (QED) is 0.693. The number of rotatable bonds is 3. The Morgan fingerprint density at radius 2 is 2.35 bits per heavy atom. The number of fused-ring (bicyclic) bond motifs is 1. The highest BCUT2D eigenvalue weighted by Gasteiger charge is 2.10. The number of hydrogen-bond acceptors (Lipinski definition) is 4. The van der Waals surface area contributed by atoms with E-state index in [-0.39, 0.29) is 5.91 Å². The van der Waals surface area contributed by atoms with Gasteiger partial charge < -0.3 is 5.32 Å². The summed E-state index contributed by atoms with van der Waals surface area (Å²) in [6, 6.07) is 5.66. The molecule has 0 saturated carbocycles. The number of aromatic nitrogens is 1. The molecule has 2 rings (SSSR count). The van der Waals surface area contributed by atoms with E-state index < -0.39 is 5.38 Å². The maximum absolute atomic E-state index is 11.5. The molecule has 90 valence electrons. The van der Waals surface area contributed by atoms with E-state index >= 15 is 0 Å². The summed E-state index contributed by atoms with van der Waals surface area (Å²) in [7, 11) is 0. The normalized spacial score (nSPS) is 12.6. The second-order valence-corrected chi connectivity index (χ2v) is 6.21. The molecule has 0 spiro atoms. The number of nitrogens with zero attached hydrogens (tertiary/aromatic N) is 1. The van der Waals surface area contributed by atoms with Crippen molar-refractivity contribution in [1.82, 2.24) is 4.98 Å². The maximum atomic E-state index is 11.5. The van der Waals surface area contributed by atoms with Gasteiger partial charge in [0.1, 0.15) is 5.38 Å². The molecule has 0 fully saturated rings. The standard InChI is InChI=1S/C11H11ClN2OS2/c1-6(12)10(15)13-7-3-4-8-9(5-7)17-11(14-8)16-2/h3-6H,1-2H3,(H,13,15). The van der Waals surface area contributed by atoms with E-state index in [1.807, 2.05) is 24.5 Å². The predicted octanol–water partition coefficient (Wildman–Crippen LogP) is 3.58. The van der Waals surface area contributed by atoms with Crippen LogP contribution < -0.4 is 5.32 Å². The number of anilines is 1. The van der Waals surface area contributed by atoms with Gasteiger partial charge in [-0.15, -0.1) is 22.9 Å². The molecule has 1 aromatic heterocycles. The van der Waals surface area contributed by atoms with Gasteiger partial charge in [0.05, 0.1) is 10.2 Å². The minimum Gasteiger partial charge on any atom is -0.325 e. The molecule has 2 aromatic rings. The minimum absolute atomic E-state index is 0.194. The Morgan fingerprint density at radius 1 is 1.59 bits per heavy atom. The van der Waals surface area contributed by atoms with Gasteiger partial charge in [0.2, 0.25) is 5.91 Å².